The Morgan fingerprint density at radius 2 is 1.62 bits per heavy atom. The number of hydrogen-bond acceptors (Lipinski definition) is 10. The summed E-state index contributed by atoms with van der Waals surface area (Å²) in [5.74, 6) is 2.47. The lowest BCUT2D eigenvalue weighted by Gasteiger charge is -2.28. The lowest BCUT2D eigenvalue weighted by molar-refractivity contribution is 0.0933. The third-order valence-corrected chi connectivity index (χ3v) is 10.1. The Morgan fingerprint density at radius 1 is 0.828 bits per heavy atom. The van der Waals surface area contributed by atoms with E-state index >= 15 is 0 Å². The predicted molar refractivity (Wildman–Crippen MR) is 226 cm³/mol. The van der Waals surface area contributed by atoms with E-state index in [1.165, 1.54) is 12.4 Å². The number of methoxy groups -OCH3 is 1. The maximum absolute atomic E-state index is 13.6. The summed E-state index contributed by atoms with van der Waals surface area (Å²) >= 11 is 0. The number of amides is 3. The van der Waals surface area contributed by atoms with Crippen molar-refractivity contribution in [2.24, 2.45) is 5.92 Å². The van der Waals surface area contributed by atoms with E-state index < -0.39 is 6.03 Å². The zero-order valence-corrected chi connectivity index (χ0v) is 33.6. The normalized spacial score (nSPS) is 13.6. The fourth-order valence-electron chi connectivity index (χ4n) is 6.78. The molecule has 3 aromatic heterocycles. The summed E-state index contributed by atoms with van der Waals surface area (Å²) in [5.41, 5.74) is 4.18. The van der Waals surface area contributed by atoms with Gasteiger partial charge in [0.15, 0.2) is 0 Å². The number of rotatable bonds is 13. The van der Waals surface area contributed by atoms with E-state index in [9.17, 15) is 9.59 Å². The number of pyridine rings is 1. The molecular formula is C44H50N10O4. The third-order valence-electron chi connectivity index (χ3n) is 10.1. The Bertz CT molecular complexity index is 2370. The molecule has 7 rings (SSSR count). The topological polar surface area (TPSA) is 160 Å². The summed E-state index contributed by atoms with van der Waals surface area (Å²) < 4.78 is 13.4. The molecular weight excluding hydrogens is 733 g/mol. The highest BCUT2D eigenvalue weighted by molar-refractivity contribution is 6.07. The first-order chi connectivity index (χ1) is 28.0. The summed E-state index contributed by atoms with van der Waals surface area (Å²) in [7, 11) is 3.78. The molecule has 0 unspecified atom stereocenters. The number of nitrogens with zero attached hydrogens (tertiary/aromatic N) is 6. The summed E-state index contributed by atoms with van der Waals surface area (Å²) in [5, 5.41) is 18.8. The summed E-state index contributed by atoms with van der Waals surface area (Å²) in [6.45, 7) is 9.72. The monoisotopic (exact) mass is 782 g/mol. The third kappa shape index (κ3) is 9.94. The minimum atomic E-state index is -0.407. The van der Waals surface area contributed by atoms with Crippen molar-refractivity contribution in [3.05, 3.63) is 120 Å². The molecule has 0 atom stereocenters. The van der Waals surface area contributed by atoms with Crippen LogP contribution in [0, 0.1) is 5.92 Å². The van der Waals surface area contributed by atoms with Crippen molar-refractivity contribution in [3.63, 3.8) is 0 Å². The number of likely N-dealkylation sites (tertiary alicyclic amines) is 1. The molecule has 1 aliphatic heterocycles. The average Bonchev–Trinajstić information content (AvgIpc) is 3.65. The van der Waals surface area contributed by atoms with Gasteiger partial charge in [-0.25, -0.2) is 24.4 Å². The molecule has 0 aliphatic carbocycles. The highest BCUT2D eigenvalue weighted by Crippen LogP contribution is 2.33. The van der Waals surface area contributed by atoms with Crippen LogP contribution < -0.4 is 26.0 Å². The number of piperidine rings is 1. The molecule has 4 heterocycles. The lowest BCUT2D eigenvalue weighted by atomic mass is 9.92. The van der Waals surface area contributed by atoms with Crippen LogP contribution in [0.25, 0.3) is 16.5 Å². The molecule has 3 aromatic carbocycles. The van der Waals surface area contributed by atoms with Gasteiger partial charge in [-0.1, -0.05) is 57.2 Å². The number of aromatic nitrogens is 5. The fourth-order valence-corrected chi connectivity index (χ4v) is 6.78. The molecule has 3 amide bonds. The largest absolute Gasteiger partial charge is 0.488 e. The van der Waals surface area contributed by atoms with Crippen LogP contribution in [0.4, 0.5) is 27.9 Å². The van der Waals surface area contributed by atoms with Gasteiger partial charge in [0, 0.05) is 42.1 Å². The van der Waals surface area contributed by atoms with E-state index in [-0.39, 0.29) is 23.6 Å². The van der Waals surface area contributed by atoms with Crippen molar-refractivity contribution in [1.82, 2.24) is 34.9 Å². The van der Waals surface area contributed by atoms with Gasteiger partial charge in [0.2, 0.25) is 0 Å². The number of carbonyl (C=O) groups is 2. The molecule has 6 aromatic rings. The average molecular weight is 783 g/mol. The van der Waals surface area contributed by atoms with Crippen LogP contribution in [0.3, 0.4) is 0 Å². The second-order valence-electron chi connectivity index (χ2n) is 15.6. The van der Waals surface area contributed by atoms with E-state index in [1.54, 1.807) is 18.0 Å². The van der Waals surface area contributed by atoms with Crippen molar-refractivity contribution in [2.45, 2.75) is 52.2 Å². The summed E-state index contributed by atoms with van der Waals surface area (Å²) in [6.07, 6.45) is 6.83. The van der Waals surface area contributed by atoms with Crippen molar-refractivity contribution in [2.75, 3.05) is 49.7 Å². The van der Waals surface area contributed by atoms with Crippen LogP contribution in [0.15, 0.2) is 97.5 Å². The standard InChI is InChI=1S/C44H50N10O4/c1-44(2,3)38-23-41(54(52-38)32-10-8-9-30(21-32)27-57-5)51-43(56)49-35-13-14-37(34-12-7-6-11-33(34)35)58-28-31-15-18-45-39(22-31)50-40-26-46-36(25-47-40)42(55)48-24-29-16-19-53(4)20-17-29/h6-15,18,21-23,25-26,29H,16-17,19-20,24,27-28H2,1-5H3,(H,48,55)(H,45,47,50)(H2,49,51,56). The van der Waals surface area contributed by atoms with Gasteiger partial charge in [-0.2, -0.15) is 5.10 Å². The van der Waals surface area contributed by atoms with Gasteiger partial charge in [-0.3, -0.25) is 10.1 Å². The van der Waals surface area contributed by atoms with Gasteiger partial charge in [0.05, 0.1) is 36.1 Å². The number of fused-ring (bicyclic) bond motifs is 1. The molecule has 4 N–H and O–H groups in total. The van der Waals surface area contributed by atoms with Gasteiger partial charge >= 0.3 is 6.03 Å². The number of benzene rings is 3. The number of hydrogen-bond donors (Lipinski definition) is 4. The number of ether oxygens (including phenoxy) is 2. The Morgan fingerprint density at radius 3 is 2.38 bits per heavy atom. The fraction of sp³-hybridized carbons (Fsp3) is 0.318. The Kier molecular flexibility index (Phi) is 12.2. The maximum Gasteiger partial charge on any atom is 0.324 e. The van der Waals surface area contributed by atoms with Gasteiger partial charge < -0.3 is 30.3 Å². The molecule has 58 heavy (non-hydrogen) atoms. The van der Waals surface area contributed by atoms with E-state index in [0.717, 1.165) is 59.2 Å². The van der Waals surface area contributed by atoms with Crippen molar-refractivity contribution in [3.8, 4) is 11.4 Å². The quantitative estimate of drug-likeness (QED) is 0.0915. The van der Waals surface area contributed by atoms with Gasteiger partial charge in [0.1, 0.15) is 35.5 Å². The van der Waals surface area contributed by atoms with E-state index in [0.29, 0.717) is 48.0 Å². The number of urea groups is 1. The lowest BCUT2D eigenvalue weighted by Crippen LogP contribution is -2.37. The van der Waals surface area contributed by atoms with Gasteiger partial charge in [-0.05, 0) is 86.4 Å². The van der Waals surface area contributed by atoms with Crippen LogP contribution in [0.5, 0.6) is 5.75 Å². The van der Waals surface area contributed by atoms with Crippen LogP contribution >= 0.6 is 0 Å². The van der Waals surface area contributed by atoms with E-state index in [1.807, 2.05) is 78.9 Å². The van der Waals surface area contributed by atoms with E-state index in [2.05, 4.69) is 68.9 Å². The minimum absolute atomic E-state index is 0.228. The Labute approximate surface area is 338 Å². The molecule has 1 saturated heterocycles. The minimum Gasteiger partial charge on any atom is -0.488 e. The molecule has 1 fully saturated rings. The highest BCUT2D eigenvalue weighted by atomic mass is 16.5. The number of nitrogens with one attached hydrogen (secondary N) is 4. The van der Waals surface area contributed by atoms with Gasteiger partial charge in [-0.15, -0.1) is 0 Å². The predicted octanol–water partition coefficient (Wildman–Crippen LogP) is 7.69. The van der Waals surface area contributed by atoms with E-state index in [4.69, 9.17) is 14.6 Å². The zero-order valence-electron chi connectivity index (χ0n) is 33.6. The number of carbonyl (C=O) groups excluding carboxylic acids is 2. The maximum atomic E-state index is 13.6. The second kappa shape index (κ2) is 17.8. The molecule has 14 nitrogen and oxygen atoms in total. The second-order valence-corrected chi connectivity index (χ2v) is 15.6. The molecule has 0 radical (unpaired) electrons. The Hall–Kier alpha value is -6.38. The van der Waals surface area contributed by atoms with Crippen LogP contribution in [0.2, 0.25) is 0 Å². The molecule has 14 heteroatoms. The molecule has 0 spiro atoms. The first-order valence-corrected chi connectivity index (χ1v) is 19.4. The van der Waals surface area contributed by atoms with Crippen LogP contribution in [-0.2, 0) is 23.4 Å². The molecule has 1 aliphatic rings. The van der Waals surface area contributed by atoms with Crippen molar-refractivity contribution in [1.29, 1.82) is 0 Å². The Balaban J connectivity index is 0.985. The van der Waals surface area contributed by atoms with Crippen molar-refractivity contribution >= 4 is 45.9 Å². The summed E-state index contributed by atoms with van der Waals surface area (Å²) in [6, 6.07) is 24.6. The zero-order chi connectivity index (χ0) is 40.6. The SMILES string of the molecule is COCc1cccc(-n2nc(C(C)(C)C)cc2NC(=O)Nc2ccc(OCc3ccnc(Nc4cnc(C(=O)NCC5CCN(C)CC5)cn4)c3)c3ccccc23)c1. The molecule has 300 valence electrons. The first-order valence-electron chi connectivity index (χ1n) is 19.4. The first kappa shape index (κ1) is 39.8. The molecule has 0 saturated carbocycles. The van der Waals surface area contributed by atoms with Crippen LogP contribution in [0.1, 0.15) is 60.9 Å². The molecule has 0 bridgehead atoms. The highest BCUT2D eigenvalue weighted by Gasteiger charge is 2.23. The summed E-state index contributed by atoms with van der Waals surface area (Å²) in [4.78, 5) is 41.7. The van der Waals surface area contributed by atoms with Crippen LogP contribution in [-0.4, -0.2) is 75.4 Å². The smallest absolute Gasteiger partial charge is 0.324 e. The van der Waals surface area contributed by atoms with Crippen molar-refractivity contribution < 1.29 is 19.1 Å². The van der Waals surface area contributed by atoms with Gasteiger partial charge in [0.25, 0.3) is 5.91 Å². The number of anilines is 4.